The number of hydrogen-bond donors (Lipinski definition) is 1. The Hall–Kier alpha value is -2.32. The summed E-state index contributed by atoms with van der Waals surface area (Å²) in [6, 6.07) is 18.5. The van der Waals surface area contributed by atoms with Crippen molar-refractivity contribution in [1.29, 1.82) is 0 Å². The highest BCUT2D eigenvalue weighted by Crippen LogP contribution is 2.24. The lowest BCUT2D eigenvalue weighted by Gasteiger charge is -2.08. The monoisotopic (exact) mass is 293 g/mol. The van der Waals surface area contributed by atoms with E-state index in [-0.39, 0.29) is 0 Å². The van der Waals surface area contributed by atoms with Gasteiger partial charge in [-0.15, -0.1) is 0 Å². The van der Waals surface area contributed by atoms with Crippen molar-refractivity contribution >= 4 is 11.1 Å². The van der Waals surface area contributed by atoms with Gasteiger partial charge in [-0.2, -0.15) is 0 Å². The van der Waals surface area contributed by atoms with Crippen LogP contribution in [0, 0.1) is 0 Å². The first-order valence-corrected chi connectivity index (χ1v) is 7.58. The first-order valence-electron chi connectivity index (χ1n) is 7.58. The smallest absolute Gasteiger partial charge is 0.119 e. The van der Waals surface area contributed by atoms with Crippen molar-refractivity contribution in [2.45, 2.75) is 13.8 Å². The van der Waals surface area contributed by atoms with Crippen LogP contribution < -0.4 is 10.5 Å². The molecule has 2 nitrogen and oxygen atoms in total. The van der Waals surface area contributed by atoms with Gasteiger partial charge in [-0.25, -0.2) is 0 Å². The summed E-state index contributed by atoms with van der Waals surface area (Å²) in [5.41, 5.74) is 10.3. The van der Waals surface area contributed by atoms with Gasteiger partial charge in [0.2, 0.25) is 0 Å². The summed E-state index contributed by atoms with van der Waals surface area (Å²) in [5.74, 6) is 0.855. The molecule has 114 valence electrons. The van der Waals surface area contributed by atoms with E-state index in [2.05, 4.69) is 62.4 Å². The maximum Gasteiger partial charge on any atom is 0.119 e. The lowest BCUT2D eigenvalue weighted by Crippen LogP contribution is -2.10. The van der Waals surface area contributed by atoms with Gasteiger partial charge in [-0.3, -0.25) is 0 Å². The van der Waals surface area contributed by atoms with E-state index in [4.69, 9.17) is 10.5 Å². The second-order valence-corrected chi connectivity index (χ2v) is 5.10. The van der Waals surface area contributed by atoms with Gasteiger partial charge >= 0.3 is 0 Å². The second-order valence-electron chi connectivity index (χ2n) is 5.10. The van der Waals surface area contributed by atoms with Crippen LogP contribution in [0.4, 0.5) is 0 Å². The minimum Gasteiger partial charge on any atom is -0.492 e. The SMILES string of the molecule is CC=C(C=C(C)c1ccccc1)c1ccc(OCCN)cc1. The van der Waals surface area contributed by atoms with Crippen LogP contribution >= 0.6 is 0 Å². The van der Waals surface area contributed by atoms with E-state index in [1.807, 2.05) is 18.2 Å². The summed E-state index contributed by atoms with van der Waals surface area (Å²) < 4.78 is 5.51. The van der Waals surface area contributed by atoms with Crippen LogP contribution in [0.2, 0.25) is 0 Å². The molecule has 0 spiro atoms. The van der Waals surface area contributed by atoms with Crippen molar-refractivity contribution in [3.63, 3.8) is 0 Å². The molecule has 0 fully saturated rings. The van der Waals surface area contributed by atoms with Crippen molar-refractivity contribution in [1.82, 2.24) is 0 Å². The third kappa shape index (κ3) is 4.34. The number of allylic oxidation sites excluding steroid dienone is 4. The zero-order chi connectivity index (χ0) is 15.8. The molecule has 0 aliphatic carbocycles. The quantitative estimate of drug-likeness (QED) is 0.794. The highest BCUT2D eigenvalue weighted by Gasteiger charge is 2.01. The summed E-state index contributed by atoms with van der Waals surface area (Å²) >= 11 is 0. The van der Waals surface area contributed by atoms with E-state index in [9.17, 15) is 0 Å². The normalized spacial score (nSPS) is 12.3. The molecule has 0 atom stereocenters. The molecule has 0 heterocycles. The predicted molar refractivity (Wildman–Crippen MR) is 94.7 cm³/mol. The lowest BCUT2D eigenvalue weighted by molar-refractivity contribution is 0.328. The minimum absolute atomic E-state index is 0.529. The van der Waals surface area contributed by atoms with Gasteiger partial charge in [0.15, 0.2) is 0 Å². The molecule has 0 radical (unpaired) electrons. The Labute approximate surface area is 132 Å². The average Bonchev–Trinajstić information content (AvgIpc) is 2.59. The molecule has 0 saturated heterocycles. The Kier molecular flexibility index (Phi) is 5.99. The molecule has 2 rings (SSSR count). The molecule has 2 N–H and O–H groups in total. The van der Waals surface area contributed by atoms with Crippen LogP contribution in [-0.4, -0.2) is 13.2 Å². The molecule has 0 aliphatic heterocycles. The molecular formula is C20H23NO. The van der Waals surface area contributed by atoms with Crippen molar-refractivity contribution < 1.29 is 4.74 Å². The van der Waals surface area contributed by atoms with Crippen molar-refractivity contribution in [2.24, 2.45) is 5.73 Å². The molecule has 2 aromatic rings. The standard InChI is InChI=1S/C20H23NO/c1-3-17(15-16(2)18-7-5-4-6-8-18)19-9-11-20(12-10-19)22-14-13-21/h3-12,15H,13-14,21H2,1-2H3. The van der Waals surface area contributed by atoms with Crippen LogP contribution in [0.3, 0.4) is 0 Å². The number of rotatable bonds is 6. The minimum atomic E-state index is 0.529. The molecule has 0 unspecified atom stereocenters. The highest BCUT2D eigenvalue weighted by molar-refractivity contribution is 5.83. The summed E-state index contributed by atoms with van der Waals surface area (Å²) in [6.07, 6.45) is 4.34. The van der Waals surface area contributed by atoms with Gasteiger partial charge < -0.3 is 10.5 Å². The van der Waals surface area contributed by atoms with E-state index in [1.54, 1.807) is 0 Å². The average molecular weight is 293 g/mol. The molecule has 2 heteroatoms. The summed E-state index contributed by atoms with van der Waals surface area (Å²) in [6.45, 7) is 5.27. The topological polar surface area (TPSA) is 35.2 Å². The summed E-state index contributed by atoms with van der Waals surface area (Å²) in [7, 11) is 0. The molecule has 2 aromatic carbocycles. The zero-order valence-corrected chi connectivity index (χ0v) is 13.3. The number of nitrogens with two attached hydrogens (primary N) is 1. The van der Waals surface area contributed by atoms with E-state index in [0.717, 1.165) is 5.75 Å². The van der Waals surface area contributed by atoms with E-state index in [1.165, 1.54) is 22.3 Å². The Morgan fingerprint density at radius 2 is 1.68 bits per heavy atom. The third-order valence-corrected chi connectivity index (χ3v) is 3.49. The zero-order valence-electron chi connectivity index (χ0n) is 13.3. The lowest BCUT2D eigenvalue weighted by atomic mass is 9.99. The maximum absolute atomic E-state index is 5.51. The van der Waals surface area contributed by atoms with Crippen LogP contribution in [0.15, 0.2) is 66.7 Å². The fourth-order valence-electron chi connectivity index (χ4n) is 2.27. The van der Waals surface area contributed by atoms with Crippen LogP contribution in [0.1, 0.15) is 25.0 Å². The Morgan fingerprint density at radius 1 is 1.00 bits per heavy atom. The molecule has 0 bridgehead atoms. The predicted octanol–water partition coefficient (Wildman–Crippen LogP) is 4.53. The van der Waals surface area contributed by atoms with Gasteiger partial charge in [0.25, 0.3) is 0 Å². The molecule has 0 amide bonds. The Balaban J connectivity index is 2.18. The van der Waals surface area contributed by atoms with Crippen molar-refractivity contribution in [3.8, 4) is 5.75 Å². The number of ether oxygens (including phenoxy) is 1. The maximum atomic E-state index is 5.51. The number of benzene rings is 2. The van der Waals surface area contributed by atoms with Crippen molar-refractivity contribution in [3.05, 3.63) is 77.9 Å². The van der Waals surface area contributed by atoms with Gasteiger partial charge in [0.1, 0.15) is 12.4 Å². The second kappa shape index (κ2) is 8.20. The van der Waals surface area contributed by atoms with Gasteiger partial charge in [-0.1, -0.05) is 54.6 Å². The summed E-state index contributed by atoms with van der Waals surface area (Å²) in [4.78, 5) is 0. The van der Waals surface area contributed by atoms with E-state index >= 15 is 0 Å². The molecule has 0 aromatic heterocycles. The van der Waals surface area contributed by atoms with Gasteiger partial charge in [0, 0.05) is 6.54 Å². The Bertz CT molecular complexity index is 639. The third-order valence-electron chi connectivity index (χ3n) is 3.49. The first-order chi connectivity index (χ1) is 10.7. The van der Waals surface area contributed by atoms with Crippen LogP contribution in [0.5, 0.6) is 5.75 Å². The Morgan fingerprint density at radius 3 is 2.27 bits per heavy atom. The molecule has 0 saturated carbocycles. The fourth-order valence-corrected chi connectivity index (χ4v) is 2.27. The van der Waals surface area contributed by atoms with Crippen LogP contribution in [0.25, 0.3) is 11.1 Å². The summed E-state index contributed by atoms with van der Waals surface area (Å²) in [5, 5.41) is 0. The largest absolute Gasteiger partial charge is 0.492 e. The molecule has 22 heavy (non-hydrogen) atoms. The van der Waals surface area contributed by atoms with Gasteiger partial charge in [0.05, 0.1) is 0 Å². The first kappa shape index (κ1) is 16.1. The van der Waals surface area contributed by atoms with E-state index in [0.29, 0.717) is 13.2 Å². The van der Waals surface area contributed by atoms with Crippen LogP contribution in [-0.2, 0) is 0 Å². The number of hydrogen-bond acceptors (Lipinski definition) is 2. The van der Waals surface area contributed by atoms with Gasteiger partial charge in [-0.05, 0) is 48.3 Å². The van der Waals surface area contributed by atoms with Crippen molar-refractivity contribution in [2.75, 3.05) is 13.2 Å². The van der Waals surface area contributed by atoms with E-state index < -0.39 is 0 Å². The molecule has 0 aliphatic rings. The fraction of sp³-hybridized carbons (Fsp3) is 0.200. The highest BCUT2D eigenvalue weighted by atomic mass is 16.5. The molecular weight excluding hydrogens is 270 g/mol.